The lowest BCUT2D eigenvalue weighted by Gasteiger charge is -2.38. The molecule has 7 heteroatoms. The number of ether oxygens (including phenoxy) is 1. The number of piperazine rings is 1. The summed E-state index contributed by atoms with van der Waals surface area (Å²) < 4.78 is 18.6. The summed E-state index contributed by atoms with van der Waals surface area (Å²) in [5.74, 6) is -0.0192. The molecule has 0 aromatic heterocycles. The van der Waals surface area contributed by atoms with Crippen molar-refractivity contribution in [2.24, 2.45) is 5.92 Å². The summed E-state index contributed by atoms with van der Waals surface area (Å²) in [5.41, 5.74) is 0.836. The van der Waals surface area contributed by atoms with Crippen molar-refractivity contribution in [1.82, 2.24) is 10.2 Å². The fraction of sp³-hybridized carbons (Fsp3) is 0.529. The molecule has 1 unspecified atom stereocenters. The van der Waals surface area contributed by atoms with Crippen LogP contribution in [0.15, 0.2) is 18.2 Å². The maximum absolute atomic E-state index is 13.3. The van der Waals surface area contributed by atoms with E-state index in [1.54, 1.807) is 6.07 Å². The van der Waals surface area contributed by atoms with Crippen LogP contribution in [-0.4, -0.2) is 56.5 Å². The number of nitrogens with zero attached hydrogens (tertiary/aromatic N) is 2. The van der Waals surface area contributed by atoms with Gasteiger partial charge in [0.2, 0.25) is 11.8 Å². The van der Waals surface area contributed by atoms with E-state index >= 15 is 0 Å². The molecule has 1 atom stereocenters. The lowest BCUT2D eigenvalue weighted by molar-refractivity contribution is -0.140. The second kappa shape index (κ2) is 7.07. The zero-order chi connectivity index (χ0) is 17.1. The van der Waals surface area contributed by atoms with Gasteiger partial charge in [-0.05, 0) is 18.6 Å². The van der Waals surface area contributed by atoms with E-state index in [9.17, 15) is 14.0 Å². The predicted molar refractivity (Wildman–Crippen MR) is 87.5 cm³/mol. The Labute approximate surface area is 140 Å². The van der Waals surface area contributed by atoms with E-state index < -0.39 is 0 Å². The Morgan fingerprint density at radius 2 is 2.04 bits per heavy atom. The lowest BCUT2D eigenvalue weighted by atomic mass is 9.95. The highest BCUT2D eigenvalue weighted by Crippen LogP contribution is 2.30. The highest BCUT2D eigenvalue weighted by Gasteiger charge is 2.31. The van der Waals surface area contributed by atoms with Crippen LogP contribution in [-0.2, 0) is 9.59 Å². The van der Waals surface area contributed by atoms with Gasteiger partial charge in [-0.2, -0.15) is 0 Å². The maximum Gasteiger partial charge on any atom is 0.226 e. The molecule has 1 aromatic rings. The third-order valence-corrected chi connectivity index (χ3v) is 4.67. The van der Waals surface area contributed by atoms with Crippen molar-refractivity contribution in [2.75, 3.05) is 44.7 Å². The highest BCUT2D eigenvalue weighted by molar-refractivity contribution is 5.87. The number of hydrogen-bond acceptors (Lipinski definition) is 4. The molecule has 0 saturated carbocycles. The molecular weight excluding hydrogens is 313 g/mol. The van der Waals surface area contributed by atoms with Crippen molar-refractivity contribution >= 4 is 17.5 Å². The summed E-state index contributed by atoms with van der Waals surface area (Å²) in [5, 5.41) is 2.75. The molecule has 3 rings (SSSR count). The average Bonchev–Trinajstić information content (AvgIpc) is 2.61. The van der Waals surface area contributed by atoms with Crippen LogP contribution < -0.4 is 15.0 Å². The van der Waals surface area contributed by atoms with E-state index in [2.05, 4.69) is 10.2 Å². The Morgan fingerprint density at radius 1 is 1.29 bits per heavy atom. The fourth-order valence-electron chi connectivity index (χ4n) is 3.33. The minimum absolute atomic E-state index is 0.0470. The van der Waals surface area contributed by atoms with Crippen LogP contribution in [0.25, 0.3) is 0 Å². The summed E-state index contributed by atoms with van der Waals surface area (Å²) in [4.78, 5) is 27.9. The molecule has 2 saturated heterocycles. The van der Waals surface area contributed by atoms with Crippen LogP contribution >= 0.6 is 0 Å². The molecule has 2 fully saturated rings. The largest absolute Gasteiger partial charge is 0.494 e. The molecule has 2 amide bonds. The van der Waals surface area contributed by atoms with Gasteiger partial charge in [-0.3, -0.25) is 9.59 Å². The van der Waals surface area contributed by atoms with Gasteiger partial charge in [0.15, 0.2) is 0 Å². The van der Waals surface area contributed by atoms with Crippen molar-refractivity contribution in [2.45, 2.75) is 12.8 Å². The molecule has 0 bridgehead atoms. The summed E-state index contributed by atoms with van der Waals surface area (Å²) in [6, 6.07) is 4.49. The van der Waals surface area contributed by atoms with Gasteiger partial charge >= 0.3 is 0 Å². The molecule has 1 aromatic carbocycles. The summed E-state index contributed by atoms with van der Waals surface area (Å²) in [6.07, 6.45) is 0.988. The van der Waals surface area contributed by atoms with Crippen LogP contribution in [0.2, 0.25) is 0 Å². The van der Waals surface area contributed by atoms with E-state index in [-0.39, 0.29) is 30.0 Å². The Kier molecular flexibility index (Phi) is 4.87. The molecule has 0 aliphatic carbocycles. The van der Waals surface area contributed by atoms with Gasteiger partial charge in [-0.15, -0.1) is 0 Å². The van der Waals surface area contributed by atoms with Crippen molar-refractivity contribution in [3.05, 3.63) is 24.0 Å². The second-order valence-electron chi connectivity index (χ2n) is 6.17. The molecule has 24 heavy (non-hydrogen) atoms. The molecule has 2 aliphatic rings. The number of benzene rings is 1. The average molecular weight is 335 g/mol. The van der Waals surface area contributed by atoms with Crippen molar-refractivity contribution in [1.29, 1.82) is 0 Å². The van der Waals surface area contributed by atoms with E-state index in [0.29, 0.717) is 44.9 Å². The summed E-state index contributed by atoms with van der Waals surface area (Å²) in [7, 11) is 1.52. The normalized spacial score (nSPS) is 21.4. The first kappa shape index (κ1) is 16.5. The molecule has 0 radical (unpaired) electrons. The van der Waals surface area contributed by atoms with Gasteiger partial charge in [0, 0.05) is 51.1 Å². The van der Waals surface area contributed by atoms with Crippen LogP contribution in [0, 0.1) is 11.7 Å². The zero-order valence-electron chi connectivity index (χ0n) is 13.8. The number of carbonyl (C=O) groups is 2. The monoisotopic (exact) mass is 335 g/mol. The number of carbonyl (C=O) groups excluding carboxylic acids is 2. The quantitative estimate of drug-likeness (QED) is 0.896. The van der Waals surface area contributed by atoms with Crippen molar-refractivity contribution in [3.63, 3.8) is 0 Å². The Balaban J connectivity index is 1.61. The van der Waals surface area contributed by atoms with Crippen LogP contribution in [0.3, 0.4) is 0 Å². The van der Waals surface area contributed by atoms with Gasteiger partial charge in [-0.25, -0.2) is 4.39 Å². The second-order valence-corrected chi connectivity index (χ2v) is 6.17. The summed E-state index contributed by atoms with van der Waals surface area (Å²) in [6.45, 7) is 3.08. The Bertz CT molecular complexity index is 630. The number of amides is 2. The number of piperidine rings is 1. The zero-order valence-corrected chi connectivity index (χ0v) is 13.8. The molecule has 1 N–H and O–H groups in total. The topological polar surface area (TPSA) is 61.9 Å². The SMILES string of the molecule is COc1cc(F)ccc1N1CCN(C(=O)C2CCNC(=O)C2)CC1. The molecule has 2 heterocycles. The number of hydrogen-bond donors (Lipinski definition) is 1. The van der Waals surface area contributed by atoms with Crippen LogP contribution in [0.1, 0.15) is 12.8 Å². The number of anilines is 1. The number of nitrogens with one attached hydrogen (secondary N) is 1. The first-order valence-electron chi connectivity index (χ1n) is 8.22. The first-order chi connectivity index (χ1) is 11.6. The third kappa shape index (κ3) is 3.44. The number of rotatable bonds is 3. The smallest absolute Gasteiger partial charge is 0.226 e. The number of methoxy groups -OCH3 is 1. The predicted octanol–water partition coefficient (Wildman–Crippen LogP) is 1.01. The van der Waals surface area contributed by atoms with E-state index in [1.165, 1.54) is 19.2 Å². The van der Waals surface area contributed by atoms with Gasteiger partial charge in [0.25, 0.3) is 0 Å². The van der Waals surface area contributed by atoms with Gasteiger partial charge in [0.05, 0.1) is 12.8 Å². The number of halogens is 1. The van der Waals surface area contributed by atoms with E-state index in [0.717, 1.165) is 5.69 Å². The lowest BCUT2D eigenvalue weighted by Crippen LogP contribution is -2.52. The van der Waals surface area contributed by atoms with Gasteiger partial charge in [0.1, 0.15) is 11.6 Å². The van der Waals surface area contributed by atoms with E-state index in [1.807, 2.05) is 4.90 Å². The van der Waals surface area contributed by atoms with E-state index in [4.69, 9.17) is 4.74 Å². The third-order valence-electron chi connectivity index (χ3n) is 4.67. The highest BCUT2D eigenvalue weighted by atomic mass is 19.1. The van der Waals surface area contributed by atoms with Gasteiger partial charge < -0.3 is 19.9 Å². The molecular formula is C17H22FN3O3. The van der Waals surface area contributed by atoms with Gasteiger partial charge in [-0.1, -0.05) is 0 Å². The fourth-order valence-corrected chi connectivity index (χ4v) is 3.33. The van der Waals surface area contributed by atoms with Crippen molar-refractivity contribution < 1.29 is 18.7 Å². The molecule has 2 aliphatic heterocycles. The minimum Gasteiger partial charge on any atom is -0.494 e. The molecule has 6 nitrogen and oxygen atoms in total. The standard InChI is InChI=1S/C17H22FN3O3/c1-24-15-11-13(18)2-3-14(15)20-6-8-21(9-7-20)17(23)12-4-5-19-16(22)10-12/h2-3,11-12H,4-10H2,1H3,(H,19,22). The maximum atomic E-state index is 13.3. The first-order valence-corrected chi connectivity index (χ1v) is 8.22. The van der Waals surface area contributed by atoms with Crippen LogP contribution in [0.4, 0.5) is 10.1 Å². The Hall–Kier alpha value is -2.31. The molecule has 130 valence electrons. The minimum atomic E-state index is -0.333. The van der Waals surface area contributed by atoms with Crippen molar-refractivity contribution in [3.8, 4) is 5.75 Å². The summed E-state index contributed by atoms with van der Waals surface area (Å²) >= 11 is 0. The molecule has 0 spiro atoms. The Morgan fingerprint density at radius 3 is 2.71 bits per heavy atom. The van der Waals surface area contributed by atoms with Crippen LogP contribution in [0.5, 0.6) is 5.75 Å².